The van der Waals surface area contributed by atoms with Crippen LogP contribution >= 0.6 is 11.6 Å². The van der Waals surface area contributed by atoms with Gasteiger partial charge < -0.3 is 0 Å². The van der Waals surface area contributed by atoms with E-state index < -0.39 is 11.7 Å². The van der Waals surface area contributed by atoms with Gasteiger partial charge in [0.1, 0.15) is 0 Å². The molecule has 0 unspecified atom stereocenters. The van der Waals surface area contributed by atoms with Crippen LogP contribution in [0.2, 0.25) is 5.02 Å². The van der Waals surface area contributed by atoms with Crippen LogP contribution in [0.3, 0.4) is 0 Å². The Hall–Kier alpha value is -1.48. The summed E-state index contributed by atoms with van der Waals surface area (Å²) in [5, 5.41) is 0.491. The lowest BCUT2D eigenvalue weighted by atomic mass is 9.99. The Labute approximate surface area is 102 Å². The lowest BCUT2D eigenvalue weighted by Gasteiger charge is -2.12. The Kier molecular flexibility index (Phi) is 3.11. The van der Waals surface area contributed by atoms with Crippen molar-refractivity contribution in [3.63, 3.8) is 0 Å². The first-order chi connectivity index (χ1) is 7.98. The van der Waals surface area contributed by atoms with E-state index in [0.29, 0.717) is 10.6 Å². The minimum absolute atomic E-state index is 0.132. The zero-order chi connectivity index (χ0) is 12.5. The molecule has 0 amide bonds. The van der Waals surface area contributed by atoms with Gasteiger partial charge in [-0.3, -0.25) is 0 Å². The fourth-order valence-electron chi connectivity index (χ4n) is 1.55. The second-order valence-electron chi connectivity index (χ2n) is 3.48. The third-order valence-electron chi connectivity index (χ3n) is 2.32. The molecule has 2 rings (SSSR count). The predicted octanol–water partition coefficient (Wildman–Crippen LogP) is 4.83. The van der Waals surface area contributed by atoms with Gasteiger partial charge in [0.2, 0.25) is 0 Å². The molecule has 0 aliphatic heterocycles. The number of alkyl halides is 3. The molecular weight excluding hydrogens is 249 g/mol. The highest BCUT2D eigenvalue weighted by Crippen LogP contribution is 2.36. The maximum atomic E-state index is 12.8. The highest BCUT2D eigenvalue weighted by atomic mass is 35.5. The fourth-order valence-corrected chi connectivity index (χ4v) is 1.67. The lowest BCUT2D eigenvalue weighted by molar-refractivity contribution is -0.137. The Morgan fingerprint density at radius 2 is 1.65 bits per heavy atom. The van der Waals surface area contributed by atoms with E-state index in [0.717, 1.165) is 6.07 Å². The van der Waals surface area contributed by atoms with Crippen molar-refractivity contribution in [3.8, 4) is 11.1 Å². The van der Waals surface area contributed by atoms with E-state index in [9.17, 15) is 13.2 Å². The molecule has 0 spiro atoms. The van der Waals surface area contributed by atoms with Crippen molar-refractivity contribution in [1.29, 1.82) is 0 Å². The smallest absolute Gasteiger partial charge is 0.166 e. The molecule has 0 bridgehead atoms. The first-order valence-electron chi connectivity index (χ1n) is 4.82. The van der Waals surface area contributed by atoms with E-state index in [-0.39, 0.29) is 5.56 Å². The summed E-state index contributed by atoms with van der Waals surface area (Å²) < 4.78 is 38.3. The molecule has 1 radical (unpaired) electrons. The summed E-state index contributed by atoms with van der Waals surface area (Å²) >= 11 is 5.70. The molecule has 17 heavy (non-hydrogen) atoms. The van der Waals surface area contributed by atoms with Crippen molar-refractivity contribution >= 4 is 11.6 Å². The standard InChI is InChI=1S/C13H7ClF3/c14-10-7-5-9(6-8-10)11-3-1-2-4-12(11)13(15,16)17/h1,3-8H. The minimum Gasteiger partial charge on any atom is -0.166 e. The third-order valence-corrected chi connectivity index (χ3v) is 2.58. The molecule has 2 aromatic rings. The van der Waals surface area contributed by atoms with Gasteiger partial charge in [0, 0.05) is 5.02 Å². The lowest BCUT2D eigenvalue weighted by Crippen LogP contribution is -2.06. The van der Waals surface area contributed by atoms with E-state index >= 15 is 0 Å². The molecule has 0 fully saturated rings. The maximum absolute atomic E-state index is 12.8. The van der Waals surface area contributed by atoms with Crippen LogP contribution in [0.1, 0.15) is 5.56 Å². The number of halogens is 4. The first kappa shape index (κ1) is 12.0. The van der Waals surface area contributed by atoms with Crippen LogP contribution in [0.15, 0.2) is 42.5 Å². The van der Waals surface area contributed by atoms with Gasteiger partial charge in [-0.05, 0) is 35.4 Å². The van der Waals surface area contributed by atoms with Crippen molar-refractivity contribution in [1.82, 2.24) is 0 Å². The Morgan fingerprint density at radius 3 is 2.24 bits per heavy atom. The Balaban J connectivity index is 2.56. The molecule has 4 heteroatoms. The molecule has 0 heterocycles. The van der Waals surface area contributed by atoms with E-state index in [1.165, 1.54) is 12.1 Å². The largest absolute Gasteiger partial charge is 0.417 e. The van der Waals surface area contributed by atoms with E-state index in [4.69, 9.17) is 11.6 Å². The van der Waals surface area contributed by atoms with Crippen LogP contribution in [-0.4, -0.2) is 0 Å². The zero-order valence-corrected chi connectivity index (χ0v) is 9.31. The van der Waals surface area contributed by atoms with E-state index in [2.05, 4.69) is 6.07 Å². The SMILES string of the molecule is FC(F)(F)c1c[c]ccc1-c1ccc(Cl)cc1. The summed E-state index contributed by atoms with van der Waals surface area (Å²) in [5.41, 5.74) is -0.0778. The first-order valence-corrected chi connectivity index (χ1v) is 5.19. The highest BCUT2D eigenvalue weighted by Gasteiger charge is 2.33. The number of rotatable bonds is 1. The summed E-state index contributed by atoms with van der Waals surface area (Å²) in [7, 11) is 0. The molecule has 2 aromatic carbocycles. The van der Waals surface area contributed by atoms with Gasteiger partial charge in [0.05, 0.1) is 5.56 Å². The summed E-state index contributed by atoms with van der Waals surface area (Å²) in [4.78, 5) is 0. The monoisotopic (exact) mass is 255 g/mol. The molecule has 0 aromatic heterocycles. The van der Waals surface area contributed by atoms with Crippen molar-refractivity contribution in [3.05, 3.63) is 59.1 Å². The maximum Gasteiger partial charge on any atom is 0.417 e. The predicted molar refractivity (Wildman–Crippen MR) is 60.7 cm³/mol. The minimum atomic E-state index is -4.38. The molecule has 0 aliphatic rings. The zero-order valence-electron chi connectivity index (χ0n) is 8.55. The molecule has 87 valence electrons. The average molecular weight is 256 g/mol. The van der Waals surface area contributed by atoms with Gasteiger partial charge in [0.15, 0.2) is 0 Å². The normalized spacial score (nSPS) is 11.5. The van der Waals surface area contributed by atoms with Crippen LogP contribution in [0.25, 0.3) is 11.1 Å². The van der Waals surface area contributed by atoms with Crippen molar-refractivity contribution in [2.45, 2.75) is 6.18 Å². The van der Waals surface area contributed by atoms with Gasteiger partial charge >= 0.3 is 6.18 Å². The van der Waals surface area contributed by atoms with Gasteiger partial charge in [-0.25, -0.2) is 0 Å². The average Bonchev–Trinajstić information content (AvgIpc) is 2.29. The molecule has 0 nitrogen and oxygen atoms in total. The molecule has 0 aliphatic carbocycles. The molecule has 0 atom stereocenters. The Morgan fingerprint density at radius 1 is 1.00 bits per heavy atom. The molecular formula is C13H7ClF3. The van der Waals surface area contributed by atoms with Gasteiger partial charge in [0.25, 0.3) is 0 Å². The van der Waals surface area contributed by atoms with Crippen molar-refractivity contribution in [2.75, 3.05) is 0 Å². The van der Waals surface area contributed by atoms with E-state index in [1.807, 2.05) is 0 Å². The highest BCUT2D eigenvalue weighted by molar-refractivity contribution is 6.30. The number of hydrogen-bond donors (Lipinski definition) is 0. The van der Waals surface area contributed by atoms with Crippen LogP contribution < -0.4 is 0 Å². The molecule has 0 saturated carbocycles. The van der Waals surface area contributed by atoms with Gasteiger partial charge in [-0.1, -0.05) is 35.9 Å². The second-order valence-corrected chi connectivity index (χ2v) is 3.91. The fraction of sp³-hybridized carbons (Fsp3) is 0.0769. The molecule has 0 saturated heterocycles. The summed E-state index contributed by atoms with van der Waals surface area (Å²) in [6, 6.07) is 12.5. The van der Waals surface area contributed by atoms with Gasteiger partial charge in [-0.15, -0.1) is 0 Å². The number of hydrogen-bond acceptors (Lipinski definition) is 0. The third kappa shape index (κ3) is 2.61. The summed E-state index contributed by atoms with van der Waals surface area (Å²) in [6.07, 6.45) is -4.38. The summed E-state index contributed by atoms with van der Waals surface area (Å²) in [5.74, 6) is 0. The quantitative estimate of drug-likeness (QED) is 0.685. The van der Waals surface area contributed by atoms with E-state index in [1.54, 1.807) is 24.3 Å². The summed E-state index contributed by atoms with van der Waals surface area (Å²) in [6.45, 7) is 0. The van der Waals surface area contributed by atoms with Gasteiger partial charge in [-0.2, -0.15) is 13.2 Å². The topological polar surface area (TPSA) is 0 Å². The molecule has 0 N–H and O–H groups in total. The van der Waals surface area contributed by atoms with Crippen LogP contribution in [0.5, 0.6) is 0 Å². The van der Waals surface area contributed by atoms with Crippen molar-refractivity contribution < 1.29 is 13.2 Å². The van der Waals surface area contributed by atoms with Crippen molar-refractivity contribution in [2.24, 2.45) is 0 Å². The second kappa shape index (κ2) is 4.41. The Bertz CT molecular complexity index is 515. The van der Waals surface area contributed by atoms with Crippen LogP contribution in [0.4, 0.5) is 13.2 Å². The number of benzene rings is 2. The van der Waals surface area contributed by atoms with Crippen LogP contribution in [0, 0.1) is 6.07 Å². The van der Waals surface area contributed by atoms with Crippen LogP contribution in [-0.2, 0) is 6.18 Å².